The molecule has 1 saturated heterocycles. The van der Waals surface area contributed by atoms with E-state index in [0.717, 1.165) is 17.0 Å². The number of halogens is 2. The molecule has 0 radical (unpaired) electrons. The summed E-state index contributed by atoms with van der Waals surface area (Å²) in [5.41, 5.74) is -0.352. The van der Waals surface area contributed by atoms with Crippen molar-refractivity contribution >= 4 is 11.9 Å². The first-order valence-electron chi connectivity index (χ1n) is 5.57. The molecule has 1 aromatic rings. The molecule has 0 aromatic heterocycles. The number of benzene rings is 1. The van der Waals surface area contributed by atoms with Crippen molar-refractivity contribution in [2.24, 2.45) is 0 Å². The van der Waals surface area contributed by atoms with E-state index in [0.29, 0.717) is 6.07 Å². The zero-order valence-corrected chi connectivity index (χ0v) is 9.81. The number of rotatable bonds is 2. The van der Waals surface area contributed by atoms with Gasteiger partial charge in [0.1, 0.15) is 11.6 Å². The van der Waals surface area contributed by atoms with Crippen LogP contribution in [-0.4, -0.2) is 47.7 Å². The van der Waals surface area contributed by atoms with Crippen molar-refractivity contribution in [2.75, 3.05) is 19.8 Å². The molecular weight excluding hydrogens is 260 g/mol. The number of carbonyl (C=O) groups excluding carboxylic acids is 1. The first-order chi connectivity index (χ1) is 9.00. The van der Waals surface area contributed by atoms with Gasteiger partial charge in [0.05, 0.1) is 18.8 Å². The van der Waals surface area contributed by atoms with Gasteiger partial charge >= 0.3 is 5.97 Å². The van der Waals surface area contributed by atoms with Crippen LogP contribution >= 0.6 is 0 Å². The maximum absolute atomic E-state index is 13.5. The highest BCUT2D eigenvalue weighted by molar-refractivity contribution is 5.97. The third kappa shape index (κ3) is 2.70. The van der Waals surface area contributed by atoms with Crippen molar-refractivity contribution < 1.29 is 28.2 Å². The van der Waals surface area contributed by atoms with Gasteiger partial charge in [0, 0.05) is 12.6 Å². The average Bonchev–Trinajstić information content (AvgIpc) is 2.38. The fourth-order valence-electron chi connectivity index (χ4n) is 1.87. The van der Waals surface area contributed by atoms with E-state index in [1.807, 2.05) is 0 Å². The Hall–Kier alpha value is -2.02. The van der Waals surface area contributed by atoms with Gasteiger partial charge in [-0.05, 0) is 12.1 Å². The Bertz CT molecular complexity index is 520. The smallest absolute Gasteiger partial charge is 0.328 e. The summed E-state index contributed by atoms with van der Waals surface area (Å²) in [6, 6.07) is 1.38. The molecule has 1 aliphatic heterocycles. The van der Waals surface area contributed by atoms with Gasteiger partial charge < -0.3 is 14.7 Å². The molecule has 1 aromatic carbocycles. The normalized spacial score (nSPS) is 19.3. The SMILES string of the molecule is O=C(O)C1COCCN1C(=O)c1ccc(F)cc1F. The molecule has 102 valence electrons. The Labute approximate surface area is 107 Å². The van der Waals surface area contributed by atoms with Crippen LogP contribution in [0, 0.1) is 11.6 Å². The Morgan fingerprint density at radius 2 is 2.11 bits per heavy atom. The van der Waals surface area contributed by atoms with E-state index in [1.165, 1.54) is 0 Å². The molecule has 1 N–H and O–H groups in total. The highest BCUT2D eigenvalue weighted by Crippen LogP contribution is 2.16. The van der Waals surface area contributed by atoms with Crippen molar-refractivity contribution in [1.82, 2.24) is 4.90 Å². The summed E-state index contributed by atoms with van der Waals surface area (Å²) in [7, 11) is 0. The minimum absolute atomic E-state index is 0.0482. The van der Waals surface area contributed by atoms with E-state index < -0.39 is 29.6 Å². The summed E-state index contributed by atoms with van der Waals surface area (Å²) in [6.07, 6.45) is 0. The van der Waals surface area contributed by atoms with Gasteiger partial charge in [-0.1, -0.05) is 0 Å². The summed E-state index contributed by atoms with van der Waals surface area (Å²) in [5, 5.41) is 8.99. The van der Waals surface area contributed by atoms with Gasteiger partial charge in [0.25, 0.3) is 5.91 Å². The third-order valence-corrected chi connectivity index (χ3v) is 2.84. The monoisotopic (exact) mass is 271 g/mol. The van der Waals surface area contributed by atoms with Crippen LogP contribution < -0.4 is 0 Å². The zero-order valence-electron chi connectivity index (χ0n) is 9.81. The van der Waals surface area contributed by atoms with Gasteiger partial charge in [-0.2, -0.15) is 0 Å². The topological polar surface area (TPSA) is 66.8 Å². The van der Waals surface area contributed by atoms with Crippen LogP contribution in [0.5, 0.6) is 0 Å². The number of amides is 1. The Morgan fingerprint density at radius 3 is 2.74 bits per heavy atom. The van der Waals surface area contributed by atoms with Gasteiger partial charge in [-0.25, -0.2) is 13.6 Å². The lowest BCUT2D eigenvalue weighted by atomic mass is 10.1. The number of carboxylic acid groups (broad SMARTS) is 1. The minimum Gasteiger partial charge on any atom is -0.480 e. The lowest BCUT2D eigenvalue weighted by molar-refractivity contribution is -0.147. The Morgan fingerprint density at radius 1 is 1.37 bits per heavy atom. The van der Waals surface area contributed by atoms with Crippen LogP contribution in [0.3, 0.4) is 0 Å². The van der Waals surface area contributed by atoms with Crippen LogP contribution in [0.25, 0.3) is 0 Å². The van der Waals surface area contributed by atoms with E-state index in [1.54, 1.807) is 0 Å². The average molecular weight is 271 g/mol. The molecule has 1 aliphatic rings. The molecule has 19 heavy (non-hydrogen) atoms. The first-order valence-corrected chi connectivity index (χ1v) is 5.57. The third-order valence-electron chi connectivity index (χ3n) is 2.84. The molecule has 0 saturated carbocycles. The molecule has 7 heteroatoms. The quantitative estimate of drug-likeness (QED) is 0.867. The van der Waals surface area contributed by atoms with Crippen molar-refractivity contribution in [3.63, 3.8) is 0 Å². The number of hydrogen-bond acceptors (Lipinski definition) is 3. The fraction of sp³-hybridized carbons (Fsp3) is 0.333. The summed E-state index contributed by atoms with van der Waals surface area (Å²) < 4.78 is 31.3. The summed E-state index contributed by atoms with van der Waals surface area (Å²) >= 11 is 0. The van der Waals surface area contributed by atoms with Crippen LogP contribution in [0.1, 0.15) is 10.4 Å². The van der Waals surface area contributed by atoms with Crippen molar-refractivity contribution in [1.29, 1.82) is 0 Å². The van der Waals surface area contributed by atoms with Gasteiger partial charge in [0.15, 0.2) is 6.04 Å². The lowest BCUT2D eigenvalue weighted by Gasteiger charge is -2.32. The molecular formula is C12H11F2NO4. The summed E-state index contributed by atoms with van der Waals surface area (Å²) in [6.45, 7) is 0.0782. The number of carbonyl (C=O) groups is 2. The summed E-state index contributed by atoms with van der Waals surface area (Å²) in [4.78, 5) is 24.1. The predicted octanol–water partition coefficient (Wildman–Crippen LogP) is 0.890. The largest absolute Gasteiger partial charge is 0.480 e. The second-order valence-electron chi connectivity index (χ2n) is 4.05. The molecule has 1 atom stereocenters. The molecule has 1 amide bonds. The number of aliphatic carboxylic acids is 1. The summed E-state index contributed by atoms with van der Waals surface area (Å²) in [5.74, 6) is -3.82. The molecule has 0 aliphatic carbocycles. The maximum Gasteiger partial charge on any atom is 0.328 e. The van der Waals surface area contributed by atoms with Gasteiger partial charge in [0.2, 0.25) is 0 Å². The maximum atomic E-state index is 13.5. The van der Waals surface area contributed by atoms with Gasteiger partial charge in [-0.15, -0.1) is 0 Å². The van der Waals surface area contributed by atoms with Crippen molar-refractivity contribution in [3.05, 3.63) is 35.4 Å². The molecule has 1 unspecified atom stereocenters. The van der Waals surface area contributed by atoms with Crippen LogP contribution in [0.4, 0.5) is 8.78 Å². The second-order valence-corrected chi connectivity index (χ2v) is 4.05. The molecule has 1 heterocycles. The lowest BCUT2D eigenvalue weighted by Crippen LogP contribution is -2.52. The molecule has 5 nitrogen and oxygen atoms in total. The Balaban J connectivity index is 2.28. The van der Waals surface area contributed by atoms with Gasteiger partial charge in [-0.3, -0.25) is 4.79 Å². The molecule has 0 bridgehead atoms. The van der Waals surface area contributed by atoms with E-state index in [4.69, 9.17) is 9.84 Å². The standard InChI is InChI=1S/C12H11F2NO4/c13-7-1-2-8(9(14)5-7)11(16)15-3-4-19-6-10(15)12(17)18/h1-2,5,10H,3-4,6H2,(H,17,18). The highest BCUT2D eigenvalue weighted by Gasteiger charge is 2.34. The van der Waals surface area contributed by atoms with Crippen LogP contribution in [-0.2, 0) is 9.53 Å². The molecule has 0 spiro atoms. The van der Waals surface area contributed by atoms with E-state index >= 15 is 0 Å². The number of morpholine rings is 1. The fourth-order valence-corrected chi connectivity index (χ4v) is 1.87. The number of carboxylic acids is 1. The van der Waals surface area contributed by atoms with E-state index in [2.05, 4.69) is 0 Å². The first kappa shape index (κ1) is 13.4. The predicted molar refractivity (Wildman–Crippen MR) is 59.6 cm³/mol. The van der Waals surface area contributed by atoms with E-state index in [9.17, 15) is 18.4 Å². The molecule has 1 fully saturated rings. The van der Waals surface area contributed by atoms with Crippen LogP contribution in [0.15, 0.2) is 18.2 Å². The highest BCUT2D eigenvalue weighted by atomic mass is 19.1. The van der Waals surface area contributed by atoms with E-state index in [-0.39, 0.29) is 25.3 Å². The minimum atomic E-state index is -1.23. The Kier molecular flexibility index (Phi) is 3.75. The second kappa shape index (κ2) is 5.31. The van der Waals surface area contributed by atoms with Crippen LogP contribution in [0.2, 0.25) is 0 Å². The molecule has 2 rings (SSSR count). The van der Waals surface area contributed by atoms with Crippen molar-refractivity contribution in [3.8, 4) is 0 Å². The number of hydrogen-bond donors (Lipinski definition) is 1. The number of ether oxygens (including phenoxy) is 1. The number of nitrogens with zero attached hydrogens (tertiary/aromatic N) is 1. The van der Waals surface area contributed by atoms with Crippen molar-refractivity contribution in [2.45, 2.75) is 6.04 Å². The zero-order chi connectivity index (χ0) is 14.0.